The van der Waals surface area contributed by atoms with Crippen molar-refractivity contribution < 1.29 is 22.7 Å². The van der Waals surface area contributed by atoms with E-state index in [-0.39, 0.29) is 23.7 Å². The fourth-order valence-corrected chi connectivity index (χ4v) is 3.75. The predicted octanol–water partition coefficient (Wildman–Crippen LogP) is 3.08. The Bertz CT molecular complexity index is 890. The summed E-state index contributed by atoms with van der Waals surface area (Å²) >= 11 is 1.58. The lowest BCUT2D eigenvalue weighted by Crippen LogP contribution is -2.28. The van der Waals surface area contributed by atoms with Gasteiger partial charge in [0.15, 0.2) is 5.13 Å². The smallest absolute Gasteiger partial charge is 0.430 e. The van der Waals surface area contributed by atoms with Gasteiger partial charge >= 0.3 is 6.18 Å². The normalized spacial score (nSPS) is 19.5. The Hall–Kier alpha value is -2.73. The minimum atomic E-state index is -4.63. The molecule has 3 N–H and O–H groups in total. The van der Waals surface area contributed by atoms with Gasteiger partial charge in [-0.25, -0.2) is 15.0 Å². The van der Waals surface area contributed by atoms with Crippen LogP contribution in [0, 0.1) is 0 Å². The van der Waals surface area contributed by atoms with Crippen molar-refractivity contribution in [1.82, 2.24) is 19.9 Å². The van der Waals surface area contributed by atoms with Crippen molar-refractivity contribution in [3.05, 3.63) is 34.9 Å². The minimum Gasteiger partial charge on any atom is -0.471 e. The largest absolute Gasteiger partial charge is 0.471 e. The zero-order chi connectivity index (χ0) is 23.0. The van der Waals surface area contributed by atoms with E-state index < -0.39 is 11.9 Å². The van der Waals surface area contributed by atoms with Crippen LogP contribution in [-0.4, -0.2) is 58.1 Å². The van der Waals surface area contributed by atoms with Crippen LogP contribution in [0.5, 0.6) is 5.88 Å². The molecule has 2 aromatic rings. The van der Waals surface area contributed by atoms with Gasteiger partial charge in [0.25, 0.3) is 0 Å². The van der Waals surface area contributed by atoms with E-state index in [1.165, 1.54) is 19.3 Å². The first-order chi connectivity index (χ1) is 14.7. The number of nitrogens with zero attached hydrogens (tertiary/aromatic N) is 4. The molecule has 2 atom stereocenters. The molecule has 1 fully saturated rings. The summed E-state index contributed by atoms with van der Waals surface area (Å²) in [4.78, 5) is 24.4. The minimum absolute atomic E-state index is 0.0375. The number of allylic oxidation sites excluding steroid dienone is 1. The number of nitrogens with one attached hydrogen (secondary N) is 1. The van der Waals surface area contributed by atoms with Gasteiger partial charge in [0, 0.05) is 56.1 Å². The fraction of sp³-hybridized carbons (Fsp3) is 0.474. The molecule has 0 radical (unpaired) electrons. The Balaban J connectivity index is 0.00000107. The highest BCUT2D eigenvalue weighted by atomic mass is 32.1. The molecule has 1 aliphatic rings. The molecule has 0 amide bonds. The fourth-order valence-electron chi connectivity index (χ4n) is 2.96. The molecule has 1 aliphatic heterocycles. The van der Waals surface area contributed by atoms with Gasteiger partial charge in [0.1, 0.15) is 23.8 Å². The molecule has 3 heterocycles. The van der Waals surface area contributed by atoms with E-state index in [4.69, 9.17) is 15.3 Å². The summed E-state index contributed by atoms with van der Waals surface area (Å²) in [5.74, 6) is 0.0454. The van der Waals surface area contributed by atoms with Gasteiger partial charge in [-0.1, -0.05) is 0 Å². The average molecular weight is 459 g/mol. The number of alkyl halides is 3. The van der Waals surface area contributed by atoms with Crippen molar-refractivity contribution in [2.24, 2.45) is 5.73 Å². The number of carbonyl (C=O) groups excluding carboxylic acids is 1. The van der Waals surface area contributed by atoms with Crippen molar-refractivity contribution in [2.45, 2.75) is 45.1 Å². The highest BCUT2D eigenvalue weighted by molar-refractivity contribution is 7.15. The van der Waals surface area contributed by atoms with Crippen LogP contribution < -0.4 is 15.8 Å². The van der Waals surface area contributed by atoms with Gasteiger partial charge < -0.3 is 20.6 Å². The van der Waals surface area contributed by atoms with E-state index in [0.717, 1.165) is 35.3 Å². The van der Waals surface area contributed by atoms with Crippen LogP contribution in [-0.2, 0) is 11.3 Å². The summed E-state index contributed by atoms with van der Waals surface area (Å²) < 4.78 is 44.0. The quantitative estimate of drug-likeness (QED) is 0.636. The molecule has 12 heteroatoms. The molecule has 3 rings (SSSR count). The lowest BCUT2D eigenvalue weighted by atomic mass is 10.2. The molecular formula is C19H25F3N6O2S. The highest BCUT2D eigenvalue weighted by Crippen LogP contribution is 2.29. The number of hydrogen-bond donors (Lipinski definition) is 2. The van der Waals surface area contributed by atoms with Crippen molar-refractivity contribution in [3.63, 3.8) is 0 Å². The maximum absolute atomic E-state index is 12.7. The maximum Gasteiger partial charge on any atom is 0.430 e. The third-order valence-electron chi connectivity index (χ3n) is 4.38. The Morgan fingerprint density at radius 1 is 1.39 bits per heavy atom. The van der Waals surface area contributed by atoms with Gasteiger partial charge in [-0.05, 0) is 19.9 Å². The van der Waals surface area contributed by atoms with Crippen molar-refractivity contribution in [1.29, 1.82) is 0 Å². The summed E-state index contributed by atoms with van der Waals surface area (Å²) in [7, 11) is 1.82. The van der Waals surface area contributed by atoms with Gasteiger partial charge in [-0.15, -0.1) is 11.3 Å². The van der Waals surface area contributed by atoms with Gasteiger partial charge in [-0.3, -0.25) is 4.90 Å². The third kappa shape index (κ3) is 7.17. The van der Waals surface area contributed by atoms with Gasteiger partial charge in [-0.2, -0.15) is 13.2 Å². The van der Waals surface area contributed by atoms with Crippen LogP contribution >= 0.6 is 11.3 Å². The summed E-state index contributed by atoms with van der Waals surface area (Å²) in [5, 5.41) is 3.86. The van der Waals surface area contributed by atoms with E-state index >= 15 is 0 Å². The lowest BCUT2D eigenvalue weighted by molar-refractivity contribution is -0.106. The second kappa shape index (κ2) is 11.0. The SMILES string of the molecule is CC=O.CNc1ncc(CN2CC(Oc3nccnc3/C=C(\N)C(F)(F)F)CC2C)s1. The first-order valence-corrected chi connectivity index (χ1v) is 10.3. The van der Waals surface area contributed by atoms with E-state index in [9.17, 15) is 13.2 Å². The summed E-state index contributed by atoms with van der Waals surface area (Å²) in [6.07, 6.45) is 1.90. The van der Waals surface area contributed by atoms with Crippen molar-refractivity contribution in [3.8, 4) is 5.88 Å². The number of aldehydes is 1. The summed E-state index contributed by atoms with van der Waals surface area (Å²) in [6.45, 7) is 4.89. The van der Waals surface area contributed by atoms with Crippen LogP contribution in [0.15, 0.2) is 24.3 Å². The first kappa shape index (κ1) is 24.5. The number of anilines is 1. The standard InChI is InChI=1S/C17H21F3N6OS.C2H4O/c1-10-5-11(8-26(10)9-12-7-25-16(22-2)28-12)27-15-13(23-3-4-24-15)6-14(21)17(18,19)20;1-2-3/h3-4,6-7,10-11H,5,8-9,21H2,1-2H3,(H,22,25);2H,1H3/b14-6-;. The molecule has 2 unspecified atom stereocenters. The molecule has 0 bridgehead atoms. The molecule has 8 nitrogen and oxygen atoms in total. The maximum atomic E-state index is 12.7. The zero-order valence-corrected chi connectivity index (χ0v) is 18.2. The molecule has 2 aromatic heterocycles. The molecular weight excluding hydrogens is 433 g/mol. The molecule has 0 spiro atoms. The summed E-state index contributed by atoms with van der Waals surface area (Å²) in [6, 6.07) is 0.251. The van der Waals surface area contributed by atoms with Crippen LogP contribution in [0.3, 0.4) is 0 Å². The molecule has 1 saturated heterocycles. The van der Waals surface area contributed by atoms with Gasteiger partial charge in [0.2, 0.25) is 5.88 Å². The van der Waals surface area contributed by atoms with Crippen LogP contribution in [0.2, 0.25) is 0 Å². The predicted molar refractivity (Wildman–Crippen MR) is 113 cm³/mol. The second-order valence-corrected chi connectivity index (χ2v) is 7.83. The number of likely N-dealkylation sites (tertiary alicyclic amines) is 1. The van der Waals surface area contributed by atoms with Crippen molar-refractivity contribution in [2.75, 3.05) is 18.9 Å². The van der Waals surface area contributed by atoms with Crippen LogP contribution in [0.25, 0.3) is 6.08 Å². The second-order valence-electron chi connectivity index (χ2n) is 6.72. The van der Waals surface area contributed by atoms with Crippen LogP contribution in [0.1, 0.15) is 30.8 Å². The van der Waals surface area contributed by atoms with Crippen molar-refractivity contribution >= 4 is 28.8 Å². The van der Waals surface area contributed by atoms with E-state index in [1.807, 2.05) is 13.2 Å². The monoisotopic (exact) mass is 458 g/mol. The Labute approximate surface area is 182 Å². The number of nitrogens with two attached hydrogens (primary N) is 1. The Morgan fingerprint density at radius 3 is 2.68 bits per heavy atom. The first-order valence-electron chi connectivity index (χ1n) is 9.46. The number of carbonyl (C=O) groups is 1. The molecule has 0 aromatic carbocycles. The number of aromatic nitrogens is 3. The average Bonchev–Trinajstić information content (AvgIpc) is 3.30. The molecule has 31 heavy (non-hydrogen) atoms. The van der Waals surface area contributed by atoms with Gasteiger partial charge in [0.05, 0.1) is 0 Å². The number of hydrogen-bond acceptors (Lipinski definition) is 9. The summed E-state index contributed by atoms with van der Waals surface area (Å²) in [5.41, 5.74) is 3.81. The number of ether oxygens (including phenoxy) is 1. The Morgan fingerprint density at radius 2 is 2.06 bits per heavy atom. The number of halogens is 3. The lowest BCUT2D eigenvalue weighted by Gasteiger charge is -2.19. The Kier molecular flexibility index (Phi) is 8.75. The van der Waals surface area contributed by atoms with E-state index in [2.05, 4.69) is 32.1 Å². The molecule has 170 valence electrons. The molecule has 0 saturated carbocycles. The zero-order valence-electron chi connectivity index (χ0n) is 17.4. The van der Waals surface area contributed by atoms with Crippen LogP contribution in [0.4, 0.5) is 18.3 Å². The topological polar surface area (TPSA) is 106 Å². The van der Waals surface area contributed by atoms with E-state index in [0.29, 0.717) is 6.54 Å². The van der Waals surface area contributed by atoms with E-state index in [1.54, 1.807) is 11.3 Å². The third-order valence-corrected chi connectivity index (χ3v) is 5.38. The number of rotatable bonds is 6. The molecule has 0 aliphatic carbocycles. The number of thiazole rings is 1. The highest BCUT2D eigenvalue weighted by Gasteiger charge is 2.33.